The summed E-state index contributed by atoms with van der Waals surface area (Å²) in [7, 11) is 0. The largest absolute Gasteiger partial charge is 0.476 e. The van der Waals surface area contributed by atoms with E-state index in [0.717, 1.165) is 65.4 Å². The van der Waals surface area contributed by atoms with E-state index in [9.17, 15) is 4.79 Å². The molecule has 0 bridgehead atoms. The molecule has 4 rings (SSSR count). The predicted molar refractivity (Wildman–Crippen MR) is 107 cm³/mol. The highest BCUT2D eigenvalue weighted by atomic mass is 16.5. The van der Waals surface area contributed by atoms with Gasteiger partial charge in [-0.25, -0.2) is 0 Å². The molecule has 2 aromatic carbocycles. The Kier molecular flexibility index (Phi) is 4.35. The Hall–Kier alpha value is -2.53. The van der Waals surface area contributed by atoms with E-state index >= 15 is 0 Å². The van der Waals surface area contributed by atoms with E-state index in [1.807, 2.05) is 24.3 Å². The van der Waals surface area contributed by atoms with Gasteiger partial charge in [0.25, 0.3) is 5.91 Å². The van der Waals surface area contributed by atoms with Crippen LogP contribution in [0.1, 0.15) is 43.7 Å². The fourth-order valence-electron chi connectivity index (χ4n) is 3.85. The van der Waals surface area contributed by atoms with Crippen LogP contribution in [-0.4, -0.2) is 24.7 Å². The summed E-state index contributed by atoms with van der Waals surface area (Å²) >= 11 is 0. The number of aryl methyl sites for hydroxylation is 1. The van der Waals surface area contributed by atoms with Crippen LogP contribution >= 0.6 is 0 Å². The third kappa shape index (κ3) is 3.28. The molecule has 0 atom stereocenters. The normalized spacial score (nSPS) is 19.1. The number of anilines is 2. The molecule has 1 amide bonds. The Bertz CT molecular complexity index is 899. The fraction of sp³-hybridized carbons (Fsp3) is 0.409. The number of hydrogen-bond donors (Lipinski definition) is 2. The standard InChI is InChI=1S/C22H26N2O3/c1-13-4-5-16(23)12-17(13)15-10-18(14-6-8-26-9-7-14)20-19(11-15)24-21(25)22(2,3)27-20/h4-5,10-12,14H,6-9,23H2,1-3H3,(H,24,25). The molecule has 1 saturated heterocycles. The summed E-state index contributed by atoms with van der Waals surface area (Å²) in [6.45, 7) is 7.16. The summed E-state index contributed by atoms with van der Waals surface area (Å²) in [5.74, 6) is 1.01. The van der Waals surface area contributed by atoms with E-state index in [-0.39, 0.29) is 5.91 Å². The van der Waals surface area contributed by atoms with Gasteiger partial charge in [0, 0.05) is 24.5 Å². The number of hydrogen-bond acceptors (Lipinski definition) is 4. The van der Waals surface area contributed by atoms with Gasteiger partial charge in [-0.1, -0.05) is 6.07 Å². The highest BCUT2D eigenvalue weighted by molar-refractivity contribution is 6.01. The Balaban J connectivity index is 1.89. The van der Waals surface area contributed by atoms with Gasteiger partial charge < -0.3 is 20.5 Å². The topological polar surface area (TPSA) is 73.6 Å². The van der Waals surface area contributed by atoms with Gasteiger partial charge in [0.05, 0.1) is 5.69 Å². The minimum absolute atomic E-state index is 0.130. The van der Waals surface area contributed by atoms with Crippen molar-refractivity contribution < 1.29 is 14.3 Å². The number of amides is 1. The molecule has 0 saturated carbocycles. The molecule has 2 aromatic rings. The smallest absolute Gasteiger partial charge is 0.268 e. The fourth-order valence-corrected chi connectivity index (χ4v) is 3.85. The van der Waals surface area contributed by atoms with Crippen LogP contribution in [0.2, 0.25) is 0 Å². The second-order valence-electron chi connectivity index (χ2n) is 7.97. The third-order valence-electron chi connectivity index (χ3n) is 5.50. The highest BCUT2D eigenvalue weighted by Crippen LogP contribution is 2.45. The van der Waals surface area contributed by atoms with Crippen molar-refractivity contribution in [3.63, 3.8) is 0 Å². The van der Waals surface area contributed by atoms with Crippen molar-refractivity contribution in [2.45, 2.75) is 45.1 Å². The van der Waals surface area contributed by atoms with Gasteiger partial charge in [-0.3, -0.25) is 4.79 Å². The summed E-state index contributed by atoms with van der Waals surface area (Å²) in [6, 6.07) is 10.1. The van der Waals surface area contributed by atoms with Gasteiger partial charge in [-0.2, -0.15) is 0 Å². The number of nitrogens with one attached hydrogen (secondary N) is 1. The lowest BCUT2D eigenvalue weighted by Gasteiger charge is -2.35. The molecule has 27 heavy (non-hydrogen) atoms. The summed E-state index contributed by atoms with van der Waals surface area (Å²) in [4.78, 5) is 12.5. The third-order valence-corrected chi connectivity index (χ3v) is 5.50. The Morgan fingerprint density at radius 3 is 2.63 bits per heavy atom. The molecule has 0 spiro atoms. The van der Waals surface area contributed by atoms with E-state index in [0.29, 0.717) is 5.92 Å². The molecule has 2 heterocycles. The van der Waals surface area contributed by atoms with Crippen molar-refractivity contribution in [3.05, 3.63) is 41.5 Å². The van der Waals surface area contributed by atoms with Gasteiger partial charge in [0.1, 0.15) is 5.75 Å². The van der Waals surface area contributed by atoms with Gasteiger partial charge >= 0.3 is 0 Å². The van der Waals surface area contributed by atoms with Crippen molar-refractivity contribution in [1.82, 2.24) is 0 Å². The summed E-state index contributed by atoms with van der Waals surface area (Å²) in [5.41, 5.74) is 11.0. The van der Waals surface area contributed by atoms with Crippen LogP contribution in [-0.2, 0) is 9.53 Å². The maximum atomic E-state index is 12.5. The zero-order valence-corrected chi connectivity index (χ0v) is 16.1. The van der Waals surface area contributed by atoms with Gasteiger partial charge in [-0.15, -0.1) is 0 Å². The van der Waals surface area contributed by atoms with Crippen LogP contribution in [0.4, 0.5) is 11.4 Å². The van der Waals surface area contributed by atoms with Crippen LogP contribution in [0.15, 0.2) is 30.3 Å². The lowest BCUT2D eigenvalue weighted by molar-refractivity contribution is -0.129. The lowest BCUT2D eigenvalue weighted by Crippen LogP contribution is -2.46. The van der Waals surface area contributed by atoms with E-state index in [1.165, 1.54) is 0 Å². The summed E-state index contributed by atoms with van der Waals surface area (Å²) in [6.07, 6.45) is 1.90. The van der Waals surface area contributed by atoms with Crippen LogP contribution in [0.5, 0.6) is 5.75 Å². The quantitative estimate of drug-likeness (QED) is 0.780. The molecular weight excluding hydrogens is 340 g/mol. The van der Waals surface area contributed by atoms with E-state index < -0.39 is 5.60 Å². The number of ether oxygens (including phenoxy) is 2. The maximum Gasteiger partial charge on any atom is 0.268 e. The molecule has 5 heteroatoms. The van der Waals surface area contributed by atoms with Crippen LogP contribution in [0.25, 0.3) is 11.1 Å². The average molecular weight is 366 g/mol. The minimum Gasteiger partial charge on any atom is -0.476 e. The first-order valence-corrected chi connectivity index (χ1v) is 9.48. The average Bonchev–Trinajstić information content (AvgIpc) is 2.64. The molecule has 2 aliphatic rings. The summed E-state index contributed by atoms with van der Waals surface area (Å²) < 4.78 is 11.7. The summed E-state index contributed by atoms with van der Waals surface area (Å²) in [5, 5.41) is 3.05. The Labute approximate surface area is 159 Å². The molecule has 2 aliphatic heterocycles. The molecule has 0 aromatic heterocycles. The van der Waals surface area contributed by atoms with Crippen molar-refractivity contribution >= 4 is 17.3 Å². The highest BCUT2D eigenvalue weighted by Gasteiger charge is 2.38. The van der Waals surface area contributed by atoms with Crippen molar-refractivity contribution in [1.29, 1.82) is 0 Å². The second-order valence-corrected chi connectivity index (χ2v) is 7.97. The molecular formula is C22H26N2O3. The molecule has 142 valence electrons. The van der Waals surface area contributed by atoms with E-state index in [1.54, 1.807) is 13.8 Å². The van der Waals surface area contributed by atoms with Crippen LogP contribution in [0, 0.1) is 6.92 Å². The zero-order chi connectivity index (χ0) is 19.2. The van der Waals surface area contributed by atoms with Gasteiger partial charge in [0.2, 0.25) is 0 Å². The lowest BCUT2D eigenvalue weighted by atomic mass is 9.86. The van der Waals surface area contributed by atoms with E-state index in [2.05, 4.69) is 18.3 Å². The number of nitrogen functional groups attached to an aromatic ring is 1. The molecule has 0 unspecified atom stereocenters. The van der Waals surface area contributed by atoms with Crippen molar-refractivity contribution in [3.8, 4) is 16.9 Å². The number of nitrogens with two attached hydrogens (primary N) is 1. The number of carbonyl (C=O) groups excluding carboxylic acids is 1. The first-order chi connectivity index (χ1) is 12.8. The molecule has 5 nitrogen and oxygen atoms in total. The second kappa shape index (κ2) is 6.57. The van der Waals surface area contributed by atoms with Crippen molar-refractivity contribution in [2.24, 2.45) is 0 Å². The Morgan fingerprint density at radius 2 is 1.89 bits per heavy atom. The predicted octanol–water partition coefficient (Wildman–Crippen LogP) is 4.25. The number of benzene rings is 2. The number of fused-ring (bicyclic) bond motifs is 1. The maximum absolute atomic E-state index is 12.5. The number of rotatable bonds is 2. The van der Waals surface area contributed by atoms with Crippen molar-refractivity contribution in [2.75, 3.05) is 24.3 Å². The molecule has 0 radical (unpaired) electrons. The molecule has 1 fully saturated rings. The van der Waals surface area contributed by atoms with Gasteiger partial charge in [-0.05, 0) is 80.5 Å². The first-order valence-electron chi connectivity index (χ1n) is 9.48. The SMILES string of the molecule is Cc1ccc(N)cc1-c1cc2c(c(C3CCOCC3)c1)OC(C)(C)C(=O)N2. The van der Waals surface area contributed by atoms with E-state index in [4.69, 9.17) is 15.2 Å². The molecule has 0 aliphatic carbocycles. The van der Waals surface area contributed by atoms with Gasteiger partial charge in [0.15, 0.2) is 5.60 Å². The van der Waals surface area contributed by atoms with Crippen LogP contribution < -0.4 is 15.8 Å². The monoisotopic (exact) mass is 366 g/mol. The zero-order valence-electron chi connectivity index (χ0n) is 16.1. The minimum atomic E-state index is -0.887. The molecule has 3 N–H and O–H groups in total. The Morgan fingerprint density at radius 1 is 1.15 bits per heavy atom. The van der Waals surface area contributed by atoms with Crippen LogP contribution in [0.3, 0.4) is 0 Å². The number of carbonyl (C=O) groups is 1. The first kappa shape index (κ1) is 17.9.